The Morgan fingerprint density at radius 2 is 2.12 bits per heavy atom. The van der Waals surface area contributed by atoms with Crippen molar-refractivity contribution in [1.29, 1.82) is 0 Å². The second-order valence-corrected chi connectivity index (χ2v) is 6.04. The lowest BCUT2D eigenvalue weighted by Gasteiger charge is -2.24. The average molecular weight is 321 g/mol. The highest BCUT2D eigenvalue weighted by Crippen LogP contribution is 2.28. The van der Waals surface area contributed by atoms with Crippen LogP contribution in [0.3, 0.4) is 0 Å². The van der Waals surface area contributed by atoms with Gasteiger partial charge in [-0.3, -0.25) is 0 Å². The molecule has 0 spiro atoms. The second-order valence-electron chi connectivity index (χ2n) is 4.78. The highest BCUT2D eigenvalue weighted by Gasteiger charge is 2.18. The monoisotopic (exact) mass is 319 g/mol. The van der Waals surface area contributed by atoms with Crippen molar-refractivity contribution in [3.05, 3.63) is 33.3 Å². The fourth-order valence-electron chi connectivity index (χ4n) is 1.51. The third kappa shape index (κ3) is 4.59. The van der Waals surface area contributed by atoms with E-state index in [1.54, 1.807) is 7.11 Å². The van der Waals surface area contributed by atoms with Crippen LogP contribution in [0.2, 0.25) is 5.02 Å². The minimum atomic E-state index is -0.128. The van der Waals surface area contributed by atoms with Crippen LogP contribution in [0.1, 0.15) is 38.3 Å². The number of hydrogen-bond acceptors (Lipinski definition) is 2. The Bertz CT molecular complexity index is 382. The summed E-state index contributed by atoms with van der Waals surface area (Å²) in [5.74, 6) is 0. The van der Waals surface area contributed by atoms with E-state index >= 15 is 0 Å². The summed E-state index contributed by atoms with van der Waals surface area (Å²) >= 11 is 9.42. The molecule has 96 valence electrons. The number of nitrogens with two attached hydrogens (primary N) is 1. The fraction of sp³-hybridized carbons (Fsp3) is 0.538. The lowest BCUT2D eigenvalue weighted by atomic mass is 9.95. The molecule has 0 saturated heterocycles. The van der Waals surface area contributed by atoms with Crippen molar-refractivity contribution in [2.75, 3.05) is 7.11 Å². The molecule has 1 aromatic rings. The van der Waals surface area contributed by atoms with Crippen LogP contribution in [0.5, 0.6) is 0 Å². The van der Waals surface area contributed by atoms with Crippen molar-refractivity contribution >= 4 is 27.5 Å². The van der Waals surface area contributed by atoms with Gasteiger partial charge in [0.25, 0.3) is 0 Å². The van der Waals surface area contributed by atoms with Gasteiger partial charge in [0.05, 0.1) is 10.6 Å². The van der Waals surface area contributed by atoms with Crippen LogP contribution in [0.25, 0.3) is 0 Å². The zero-order valence-corrected chi connectivity index (χ0v) is 12.8. The molecule has 1 unspecified atom stereocenters. The van der Waals surface area contributed by atoms with Gasteiger partial charge in [0, 0.05) is 17.6 Å². The summed E-state index contributed by atoms with van der Waals surface area (Å²) < 4.78 is 6.27. The number of methoxy groups -OCH3 is 1. The molecule has 1 aromatic carbocycles. The van der Waals surface area contributed by atoms with Gasteiger partial charge in [-0.2, -0.15) is 0 Å². The van der Waals surface area contributed by atoms with Crippen molar-refractivity contribution in [2.24, 2.45) is 5.73 Å². The standard InChI is InChI=1S/C13H19BrClNO/c1-13(2,17-3)7-6-12(16)9-4-5-10(14)11(15)8-9/h4-5,8,12H,6-7,16H2,1-3H3. The lowest BCUT2D eigenvalue weighted by Crippen LogP contribution is -2.24. The van der Waals surface area contributed by atoms with E-state index in [2.05, 4.69) is 29.8 Å². The molecule has 0 aliphatic rings. The summed E-state index contributed by atoms with van der Waals surface area (Å²) in [4.78, 5) is 0. The van der Waals surface area contributed by atoms with Gasteiger partial charge < -0.3 is 10.5 Å². The molecule has 1 rings (SSSR count). The van der Waals surface area contributed by atoms with Crippen molar-refractivity contribution in [1.82, 2.24) is 0 Å². The smallest absolute Gasteiger partial charge is 0.0623 e. The van der Waals surface area contributed by atoms with Gasteiger partial charge in [-0.1, -0.05) is 17.7 Å². The predicted octanol–water partition coefficient (Wildman–Crippen LogP) is 4.31. The molecule has 0 amide bonds. The van der Waals surface area contributed by atoms with E-state index in [-0.39, 0.29) is 11.6 Å². The summed E-state index contributed by atoms with van der Waals surface area (Å²) in [6.45, 7) is 4.13. The Morgan fingerprint density at radius 3 is 2.65 bits per heavy atom. The van der Waals surface area contributed by atoms with E-state index < -0.39 is 0 Å². The normalized spacial score (nSPS) is 13.8. The molecule has 1 atom stereocenters. The van der Waals surface area contributed by atoms with Crippen molar-refractivity contribution in [3.8, 4) is 0 Å². The molecule has 0 aromatic heterocycles. The first-order valence-electron chi connectivity index (χ1n) is 5.61. The third-order valence-electron chi connectivity index (χ3n) is 2.98. The van der Waals surface area contributed by atoms with Crippen LogP contribution < -0.4 is 5.73 Å². The first-order chi connectivity index (χ1) is 7.85. The Hall–Kier alpha value is -0.0900. The Morgan fingerprint density at radius 1 is 1.47 bits per heavy atom. The van der Waals surface area contributed by atoms with Crippen LogP contribution in [0, 0.1) is 0 Å². The summed E-state index contributed by atoms with van der Waals surface area (Å²) in [7, 11) is 1.72. The van der Waals surface area contributed by atoms with Crippen LogP contribution >= 0.6 is 27.5 Å². The Kier molecular flexibility index (Phi) is 5.45. The minimum absolute atomic E-state index is 0.00461. The van der Waals surface area contributed by atoms with Crippen LogP contribution in [-0.2, 0) is 4.74 Å². The topological polar surface area (TPSA) is 35.2 Å². The van der Waals surface area contributed by atoms with E-state index in [9.17, 15) is 0 Å². The SMILES string of the molecule is COC(C)(C)CCC(N)c1ccc(Br)c(Cl)c1. The number of rotatable bonds is 5. The largest absolute Gasteiger partial charge is 0.379 e. The molecule has 0 saturated carbocycles. The molecule has 0 fully saturated rings. The molecule has 2 N–H and O–H groups in total. The van der Waals surface area contributed by atoms with Crippen molar-refractivity contribution < 1.29 is 4.74 Å². The van der Waals surface area contributed by atoms with E-state index in [1.165, 1.54) is 0 Å². The van der Waals surface area contributed by atoms with Crippen molar-refractivity contribution in [2.45, 2.75) is 38.3 Å². The first kappa shape index (κ1) is 15.0. The quantitative estimate of drug-likeness (QED) is 0.877. The summed E-state index contributed by atoms with van der Waals surface area (Å²) in [5.41, 5.74) is 7.08. The van der Waals surface area contributed by atoms with Crippen LogP contribution in [0.15, 0.2) is 22.7 Å². The predicted molar refractivity (Wildman–Crippen MR) is 76.4 cm³/mol. The van der Waals surface area contributed by atoms with Gasteiger partial charge in [0.2, 0.25) is 0 Å². The Balaban J connectivity index is 2.64. The van der Waals surface area contributed by atoms with Gasteiger partial charge in [-0.15, -0.1) is 0 Å². The number of hydrogen-bond donors (Lipinski definition) is 1. The lowest BCUT2D eigenvalue weighted by molar-refractivity contribution is 0.0125. The molecule has 17 heavy (non-hydrogen) atoms. The average Bonchev–Trinajstić information content (AvgIpc) is 2.30. The number of benzene rings is 1. The molecule has 4 heteroatoms. The number of halogens is 2. The molecule has 0 aliphatic carbocycles. The Labute approximate surface area is 117 Å². The van der Waals surface area contributed by atoms with Crippen LogP contribution in [0.4, 0.5) is 0 Å². The maximum Gasteiger partial charge on any atom is 0.0623 e. The second kappa shape index (κ2) is 6.19. The van der Waals surface area contributed by atoms with Crippen LogP contribution in [-0.4, -0.2) is 12.7 Å². The van der Waals surface area contributed by atoms with Gasteiger partial charge in [0.1, 0.15) is 0 Å². The zero-order valence-electron chi connectivity index (χ0n) is 10.5. The van der Waals surface area contributed by atoms with E-state index in [0.717, 1.165) is 22.9 Å². The van der Waals surface area contributed by atoms with E-state index in [1.807, 2.05) is 18.2 Å². The summed E-state index contributed by atoms with van der Waals surface area (Å²) in [6, 6.07) is 5.84. The maximum absolute atomic E-state index is 6.15. The zero-order chi connectivity index (χ0) is 13.1. The molecule has 0 bridgehead atoms. The highest BCUT2D eigenvalue weighted by atomic mass is 79.9. The molecular weight excluding hydrogens is 302 g/mol. The van der Waals surface area contributed by atoms with Crippen molar-refractivity contribution in [3.63, 3.8) is 0 Å². The molecule has 0 heterocycles. The molecule has 0 radical (unpaired) electrons. The minimum Gasteiger partial charge on any atom is -0.379 e. The maximum atomic E-state index is 6.15. The highest BCUT2D eigenvalue weighted by molar-refractivity contribution is 9.10. The van der Waals surface area contributed by atoms with E-state index in [0.29, 0.717) is 5.02 Å². The summed E-state index contributed by atoms with van der Waals surface area (Å²) in [5, 5.41) is 0.698. The van der Waals surface area contributed by atoms with Gasteiger partial charge in [0.15, 0.2) is 0 Å². The molecule has 2 nitrogen and oxygen atoms in total. The van der Waals surface area contributed by atoms with E-state index in [4.69, 9.17) is 22.1 Å². The summed E-state index contributed by atoms with van der Waals surface area (Å²) in [6.07, 6.45) is 1.79. The van der Waals surface area contributed by atoms with Gasteiger partial charge in [-0.05, 0) is 60.3 Å². The molecule has 0 aliphatic heterocycles. The molecular formula is C13H19BrClNO. The van der Waals surface area contributed by atoms with Gasteiger partial charge >= 0.3 is 0 Å². The third-order valence-corrected chi connectivity index (χ3v) is 4.21. The van der Waals surface area contributed by atoms with Gasteiger partial charge in [-0.25, -0.2) is 0 Å². The first-order valence-corrected chi connectivity index (χ1v) is 6.78. The number of ether oxygens (including phenoxy) is 1. The fourth-order valence-corrected chi connectivity index (χ4v) is 1.95.